The monoisotopic (exact) mass is 743 g/mol. The third kappa shape index (κ3) is 4.51. The molecule has 0 amide bonds. The van der Waals surface area contributed by atoms with Gasteiger partial charge in [0, 0.05) is 66.2 Å². The van der Waals surface area contributed by atoms with Crippen molar-refractivity contribution in [2.45, 2.75) is 12.0 Å². The fraction of sp³-hybridized carbons (Fsp3) is 0.0370. The van der Waals surface area contributed by atoms with Gasteiger partial charge in [0.05, 0.1) is 11.0 Å². The van der Waals surface area contributed by atoms with Gasteiger partial charge in [-0.25, -0.2) is 0 Å². The molecule has 0 saturated carbocycles. The number of nitrogens with zero attached hydrogens (tertiary/aromatic N) is 1. The molecule has 0 spiro atoms. The van der Waals surface area contributed by atoms with Crippen molar-refractivity contribution in [1.29, 1.82) is 0 Å². The van der Waals surface area contributed by atoms with E-state index >= 15 is 0 Å². The Bertz CT molecular complexity index is 3560. The van der Waals surface area contributed by atoms with Crippen molar-refractivity contribution < 1.29 is 13.6 Å². The number of aromatic nitrogens is 1. The quantitative estimate of drug-likeness (QED) is 0.180. The number of allylic oxidation sites excluding steroid dienone is 2. The second kappa shape index (κ2) is 12.0. The number of benzene rings is 8. The minimum Gasteiger partial charge on any atom is -0.485 e. The predicted octanol–water partition coefficient (Wildman–Crippen LogP) is 14.6. The van der Waals surface area contributed by atoms with Crippen molar-refractivity contribution in [3.8, 4) is 44.8 Å². The Labute approximate surface area is 333 Å². The lowest BCUT2D eigenvalue weighted by Crippen LogP contribution is -2.15. The molecule has 8 aromatic carbocycles. The second-order valence-electron chi connectivity index (χ2n) is 15.5. The lowest BCUT2D eigenvalue weighted by atomic mass is 9.91. The molecule has 4 heterocycles. The highest BCUT2D eigenvalue weighted by Gasteiger charge is 2.32. The van der Waals surface area contributed by atoms with Crippen LogP contribution in [0.3, 0.4) is 0 Å². The number of hydrogen-bond donors (Lipinski definition) is 0. The Morgan fingerprint density at radius 2 is 1.00 bits per heavy atom. The van der Waals surface area contributed by atoms with E-state index in [0.29, 0.717) is 0 Å². The van der Waals surface area contributed by atoms with Crippen molar-refractivity contribution in [1.82, 2.24) is 4.57 Å². The Balaban J connectivity index is 1.05. The summed E-state index contributed by atoms with van der Waals surface area (Å²) in [4.78, 5) is 0. The van der Waals surface area contributed by atoms with Crippen LogP contribution in [0.1, 0.15) is 11.5 Å². The van der Waals surface area contributed by atoms with Crippen molar-refractivity contribution in [2.24, 2.45) is 0 Å². The largest absolute Gasteiger partial charge is 0.485 e. The van der Waals surface area contributed by atoms with E-state index in [-0.39, 0.29) is 12.0 Å². The topological polar surface area (TPSA) is 40.4 Å². The highest BCUT2D eigenvalue weighted by atomic mass is 16.5. The van der Waals surface area contributed by atoms with Gasteiger partial charge >= 0.3 is 0 Å². The van der Waals surface area contributed by atoms with Gasteiger partial charge in [0.1, 0.15) is 34.2 Å². The smallest absolute Gasteiger partial charge is 0.143 e. The molecule has 3 aromatic heterocycles. The van der Waals surface area contributed by atoms with E-state index in [4.69, 9.17) is 13.6 Å². The molecular weight excluding hydrogens is 711 g/mol. The molecule has 0 radical (unpaired) electrons. The van der Waals surface area contributed by atoms with E-state index in [1.807, 2.05) is 24.3 Å². The molecule has 272 valence electrons. The molecule has 0 N–H and O–H groups in total. The first-order valence-electron chi connectivity index (χ1n) is 19.9. The van der Waals surface area contributed by atoms with E-state index in [1.165, 1.54) is 16.3 Å². The molecule has 4 heteroatoms. The first-order chi connectivity index (χ1) is 28.7. The van der Waals surface area contributed by atoms with Crippen LogP contribution in [0.15, 0.2) is 197 Å². The lowest BCUT2D eigenvalue weighted by molar-refractivity contribution is 0.269. The summed E-state index contributed by atoms with van der Waals surface area (Å²) < 4.78 is 21.9. The summed E-state index contributed by atoms with van der Waals surface area (Å²) in [6, 6.07) is 58.7. The van der Waals surface area contributed by atoms with E-state index in [9.17, 15) is 0 Å². The summed E-state index contributed by atoms with van der Waals surface area (Å²) in [5, 5.41) is 6.88. The molecule has 11 aromatic rings. The average Bonchev–Trinajstić information content (AvgIpc) is 4.05. The zero-order chi connectivity index (χ0) is 37.9. The summed E-state index contributed by atoms with van der Waals surface area (Å²) in [6.45, 7) is 0. The van der Waals surface area contributed by atoms with Crippen molar-refractivity contribution >= 4 is 65.7 Å². The average molecular weight is 744 g/mol. The summed E-state index contributed by atoms with van der Waals surface area (Å²) in [7, 11) is 0. The predicted molar refractivity (Wildman–Crippen MR) is 237 cm³/mol. The van der Waals surface area contributed by atoms with Gasteiger partial charge in [-0.2, -0.15) is 0 Å². The molecular formula is C54H33NO3. The first-order valence-corrected chi connectivity index (χ1v) is 19.9. The molecule has 2 aliphatic rings. The van der Waals surface area contributed by atoms with Crippen LogP contribution in [0.25, 0.3) is 105 Å². The van der Waals surface area contributed by atoms with Crippen LogP contribution in [-0.4, -0.2) is 10.7 Å². The van der Waals surface area contributed by atoms with Gasteiger partial charge in [-0.3, -0.25) is 0 Å². The van der Waals surface area contributed by atoms with Crippen LogP contribution >= 0.6 is 0 Å². The molecule has 58 heavy (non-hydrogen) atoms. The third-order valence-electron chi connectivity index (χ3n) is 12.4. The van der Waals surface area contributed by atoms with Crippen LogP contribution in [0.2, 0.25) is 0 Å². The van der Waals surface area contributed by atoms with Crippen molar-refractivity contribution in [3.05, 3.63) is 194 Å². The van der Waals surface area contributed by atoms with Gasteiger partial charge in [0.15, 0.2) is 0 Å². The van der Waals surface area contributed by atoms with Crippen molar-refractivity contribution in [2.75, 3.05) is 0 Å². The molecule has 2 atom stereocenters. The Hall–Kier alpha value is -7.56. The minimum atomic E-state index is 0.0352. The van der Waals surface area contributed by atoms with E-state index in [2.05, 4.69) is 168 Å². The van der Waals surface area contributed by atoms with Crippen LogP contribution in [0, 0.1) is 0 Å². The number of ether oxygens (including phenoxy) is 1. The van der Waals surface area contributed by atoms with Crippen LogP contribution in [0.4, 0.5) is 0 Å². The summed E-state index contributed by atoms with van der Waals surface area (Å²) in [5.41, 5.74) is 14.9. The van der Waals surface area contributed by atoms with E-state index in [1.54, 1.807) is 0 Å². The summed E-state index contributed by atoms with van der Waals surface area (Å²) in [6.07, 6.45) is 8.65. The van der Waals surface area contributed by atoms with Gasteiger partial charge in [-0.05, 0) is 65.2 Å². The van der Waals surface area contributed by atoms with Crippen LogP contribution in [-0.2, 0) is 0 Å². The maximum Gasteiger partial charge on any atom is 0.143 e. The zero-order valence-corrected chi connectivity index (χ0v) is 31.2. The molecule has 2 unspecified atom stereocenters. The normalized spacial score (nSPS) is 15.9. The van der Waals surface area contributed by atoms with Gasteiger partial charge < -0.3 is 18.1 Å². The highest BCUT2D eigenvalue weighted by Crippen LogP contribution is 2.47. The standard InChI is InChI=1S/C54H33NO3/c1-4-19-47-39(10-1)42-28-24-33(30-50(42)56-47)36-13-7-16-44-45-17-8-14-37(34-25-29-43-40-11-2-5-20-48(40)57-51(43)31-34)53(45)55(52(36)44)35-26-22-32(23-27-35)38-15-9-18-46-41-12-3-6-21-49(41)58-54(38)46/h1-31,39,47H. The summed E-state index contributed by atoms with van der Waals surface area (Å²) >= 11 is 0. The molecule has 0 fully saturated rings. The SMILES string of the molecule is C1=CC2Oc3cc(-c4cccc5c6cccc(-c7ccc8c(c7)oc7ccccc78)c6n(-c6ccc(-c7cccc8c7oc7ccccc78)cc6)c45)ccc3C2C=C1. The number of para-hydroxylation sites is 5. The molecule has 1 aliphatic heterocycles. The number of hydrogen-bond acceptors (Lipinski definition) is 3. The maximum absolute atomic E-state index is 6.54. The Morgan fingerprint density at radius 1 is 0.414 bits per heavy atom. The van der Waals surface area contributed by atoms with Crippen LogP contribution < -0.4 is 4.74 Å². The van der Waals surface area contributed by atoms with Gasteiger partial charge in [-0.1, -0.05) is 140 Å². The fourth-order valence-corrected chi connectivity index (χ4v) is 9.70. The Morgan fingerprint density at radius 3 is 1.78 bits per heavy atom. The molecule has 13 rings (SSSR count). The van der Waals surface area contributed by atoms with Gasteiger partial charge in [-0.15, -0.1) is 0 Å². The third-order valence-corrected chi connectivity index (χ3v) is 12.4. The molecule has 0 bridgehead atoms. The lowest BCUT2D eigenvalue weighted by Gasteiger charge is -2.15. The second-order valence-corrected chi connectivity index (χ2v) is 15.5. The number of furan rings is 2. The van der Waals surface area contributed by atoms with E-state index in [0.717, 1.165) is 99.7 Å². The van der Waals surface area contributed by atoms with E-state index < -0.39 is 0 Å². The maximum atomic E-state index is 6.54. The van der Waals surface area contributed by atoms with Crippen LogP contribution in [0.5, 0.6) is 5.75 Å². The molecule has 4 nitrogen and oxygen atoms in total. The molecule has 0 saturated heterocycles. The van der Waals surface area contributed by atoms with Crippen molar-refractivity contribution in [3.63, 3.8) is 0 Å². The van der Waals surface area contributed by atoms with Gasteiger partial charge in [0.25, 0.3) is 0 Å². The zero-order valence-electron chi connectivity index (χ0n) is 31.2. The highest BCUT2D eigenvalue weighted by molar-refractivity contribution is 6.18. The molecule has 1 aliphatic carbocycles. The van der Waals surface area contributed by atoms with Gasteiger partial charge in [0.2, 0.25) is 0 Å². The first kappa shape index (κ1) is 31.6. The number of rotatable bonds is 4. The Kier molecular flexibility index (Phi) is 6.53. The summed E-state index contributed by atoms with van der Waals surface area (Å²) in [5.74, 6) is 1.19. The minimum absolute atomic E-state index is 0.0352. The fourth-order valence-electron chi connectivity index (χ4n) is 9.70. The number of fused-ring (bicyclic) bond motifs is 12.